The van der Waals surface area contributed by atoms with E-state index in [-0.39, 0.29) is 0 Å². The van der Waals surface area contributed by atoms with E-state index >= 15 is 0 Å². The summed E-state index contributed by atoms with van der Waals surface area (Å²) in [7, 11) is 0. The van der Waals surface area contributed by atoms with Crippen molar-refractivity contribution in [2.24, 2.45) is 5.73 Å². The molecule has 2 N–H and O–H groups in total. The number of aromatic nitrogens is 1. The molecule has 1 aromatic heterocycles. The zero-order valence-electron chi connectivity index (χ0n) is 8.84. The van der Waals surface area contributed by atoms with Crippen molar-refractivity contribution >= 4 is 22.5 Å². The quantitative estimate of drug-likeness (QED) is 0.803. The van der Waals surface area contributed by atoms with Crippen LogP contribution >= 0.6 is 11.6 Å². The minimum absolute atomic E-state index is 0.461. The second-order valence-corrected chi connectivity index (χ2v) is 4.11. The molecular formula is C12H13ClN2. The zero-order chi connectivity index (χ0) is 11.0. The van der Waals surface area contributed by atoms with Crippen molar-refractivity contribution in [3.8, 4) is 0 Å². The van der Waals surface area contributed by atoms with Crippen molar-refractivity contribution < 1.29 is 0 Å². The van der Waals surface area contributed by atoms with E-state index in [1.54, 1.807) is 0 Å². The molecular weight excluding hydrogens is 208 g/mol. The number of hydrogen-bond donors (Lipinski definition) is 1. The molecule has 0 fully saturated rings. The molecule has 78 valence electrons. The summed E-state index contributed by atoms with van der Waals surface area (Å²) in [5, 5.41) is 1.90. The lowest BCUT2D eigenvalue weighted by molar-refractivity contribution is 1.00. The number of pyridine rings is 1. The van der Waals surface area contributed by atoms with Gasteiger partial charge >= 0.3 is 0 Å². The normalized spacial score (nSPS) is 10.9. The summed E-state index contributed by atoms with van der Waals surface area (Å²) in [5.74, 6) is 0. The van der Waals surface area contributed by atoms with Crippen LogP contribution in [0.1, 0.15) is 16.8 Å². The van der Waals surface area contributed by atoms with E-state index in [0.29, 0.717) is 6.54 Å². The van der Waals surface area contributed by atoms with Gasteiger partial charge in [0.25, 0.3) is 0 Å². The van der Waals surface area contributed by atoms with E-state index in [2.05, 4.69) is 11.9 Å². The molecule has 0 amide bonds. The third-order valence-electron chi connectivity index (χ3n) is 2.64. The highest BCUT2D eigenvalue weighted by Gasteiger charge is 2.06. The van der Waals surface area contributed by atoms with Gasteiger partial charge in [0.2, 0.25) is 0 Å². The predicted octanol–water partition coefficient (Wildman–Crippen LogP) is 2.96. The summed E-state index contributed by atoms with van der Waals surface area (Å²) in [6.45, 7) is 4.51. The molecule has 0 spiro atoms. The first-order valence-corrected chi connectivity index (χ1v) is 5.26. The van der Waals surface area contributed by atoms with Crippen LogP contribution in [0, 0.1) is 13.8 Å². The second-order valence-electron chi connectivity index (χ2n) is 3.70. The van der Waals surface area contributed by atoms with Crippen LogP contribution in [0.5, 0.6) is 0 Å². The molecule has 2 aromatic rings. The van der Waals surface area contributed by atoms with Gasteiger partial charge < -0.3 is 5.73 Å². The molecule has 0 radical (unpaired) electrons. The van der Waals surface area contributed by atoms with Gasteiger partial charge in [-0.05, 0) is 37.1 Å². The van der Waals surface area contributed by atoms with Crippen LogP contribution in [-0.4, -0.2) is 4.98 Å². The fraction of sp³-hybridized carbons (Fsp3) is 0.250. The summed E-state index contributed by atoms with van der Waals surface area (Å²) in [4.78, 5) is 4.51. The van der Waals surface area contributed by atoms with Gasteiger partial charge in [-0.2, -0.15) is 0 Å². The fourth-order valence-electron chi connectivity index (χ4n) is 1.75. The van der Waals surface area contributed by atoms with Crippen molar-refractivity contribution in [3.63, 3.8) is 0 Å². The first kappa shape index (κ1) is 10.4. The summed E-state index contributed by atoms with van der Waals surface area (Å²) in [5.41, 5.74) is 9.69. The Kier molecular flexibility index (Phi) is 2.63. The third kappa shape index (κ3) is 1.71. The van der Waals surface area contributed by atoms with E-state index in [1.807, 2.05) is 25.1 Å². The molecule has 0 bridgehead atoms. The monoisotopic (exact) mass is 220 g/mol. The Labute approximate surface area is 94.1 Å². The standard InChI is InChI=1S/C12H13ClN2/c1-7-5-9(6-14)15-12-8(2)11(13)4-3-10(7)12/h3-5H,6,14H2,1-2H3. The molecule has 0 aliphatic rings. The van der Waals surface area contributed by atoms with Gasteiger partial charge in [0.05, 0.1) is 11.2 Å². The average Bonchev–Trinajstić information content (AvgIpc) is 2.23. The van der Waals surface area contributed by atoms with Crippen LogP contribution in [0.3, 0.4) is 0 Å². The first-order valence-electron chi connectivity index (χ1n) is 4.89. The smallest absolute Gasteiger partial charge is 0.0752 e. The van der Waals surface area contributed by atoms with Crippen molar-refractivity contribution in [1.82, 2.24) is 4.98 Å². The van der Waals surface area contributed by atoms with Crippen LogP contribution in [0.25, 0.3) is 10.9 Å². The number of nitrogens with two attached hydrogens (primary N) is 1. The van der Waals surface area contributed by atoms with Crippen LogP contribution in [0.15, 0.2) is 18.2 Å². The molecule has 2 nitrogen and oxygen atoms in total. The Morgan fingerprint density at radius 1 is 1.33 bits per heavy atom. The minimum Gasteiger partial charge on any atom is -0.325 e. The lowest BCUT2D eigenvalue weighted by Crippen LogP contribution is -2.01. The van der Waals surface area contributed by atoms with Gasteiger partial charge in [-0.3, -0.25) is 4.98 Å². The van der Waals surface area contributed by atoms with Crippen molar-refractivity contribution in [2.75, 3.05) is 0 Å². The van der Waals surface area contributed by atoms with E-state index in [0.717, 1.165) is 27.2 Å². The predicted molar refractivity (Wildman–Crippen MR) is 64.1 cm³/mol. The summed E-state index contributed by atoms with van der Waals surface area (Å²) in [6, 6.07) is 5.94. The average molecular weight is 221 g/mol. The number of rotatable bonds is 1. The molecule has 1 heterocycles. The molecule has 15 heavy (non-hydrogen) atoms. The molecule has 3 heteroatoms. The Bertz CT molecular complexity index is 521. The molecule has 1 aromatic carbocycles. The SMILES string of the molecule is Cc1cc(CN)nc2c(C)c(Cl)ccc12. The summed E-state index contributed by atoms with van der Waals surface area (Å²) in [6.07, 6.45) is 0. The topological polar surface area (TPSA) is 38.9 Å². The largest absolute Gasteiger partial charge is 0.325 e. The highest BCUT2D eigenvalue weighted by Crippen LogP contribution is 2.26. The number of hydrogen-bond acceptors (Lipinski definition) is 2. The molecule has 0 unspecified atom stereocenters. The van der Waals surface area contributed by atoms with Crippen molar-refractivity contribution in [2.45, 2.75) is 20.4 Å². The van der Waals surface area contributed by atoms with E-state index in [1.165, 1.54) is 5.56 Å². The number of fused-ring (bicyclic) bond motifs is 1. The van der Waals surface area contributed by atoms with Gasteiger partial charge in [-0.15, -0.1) is 0 Å². The van der Waals surface area contributed by atoms with Gasteiger partial charge in [0.15, 0.2) is 0 Å². The lowest BCUT2D eigenvalue weighted by Gasteiger charge is -2.08. The van der Waals surface area contributed by atoms with E-state index in [9.17, 15) is 0 Å². The minimum atomic E-state index is 0.461. The van der Waals surface area contributed by atoms with Gasteiger partial charge in [-0.25, -0.2) is 0 Å². The number of halogens is 1. The zero-order valence-corrected chi connectivity index (χ0v) is 9.60. The van der Waals surface area contributed by atoms with Crippen LogP contribution in [-0.2, 0) is 6.54 Å². The Hall–Kier alpha value is -1.12. The third-order valence-corrected chi connectivity index (χ3v) is 3.05. The summed E-state index contributed by atoms with van der Waals surface area (Å²) < 4.78 is 0. The Morgan fingerprint density at radius 3 is 2.73 bits per heavy atom. The van der Waals surface area contributed by atoms with Crippen LogP contribution in [0.2, 0.25) is 5.02 Å². The van der Waals surface area contributed by atoms with Gasteiger partial charge in [0.1, 0.15) is 0 Å². The molecule has 0 aliphatic carbocycles. The number of nitrogens with zero attached hydrogens (tertiary/aromatic N) is 1. The Balaban J connectivity index is 2.86. The lowest BCUT2D eigenvalue weighted by atomic mass is 10.1. The maximum Gasteiger partial charge on any atom is 0.0752 e. The van der Waals surface area contributed by atoms with E-state index in [4.69, 9.17) is 17.3 Å². The van der Waals surface area contributed by atoms with E-state index < -0.39 is 0 Å². The Morgan fingerprint density at radius 2 is 2.07 bits per heavy atom. The highest BCUT2D eigenvalue weighted by molar-refractivity contribution is 6.32. The van der Waals surface area contributed by atoms with Crippen molar-refractivity contribution in [1.29, 1.82) is 0 Å². The molecule has 0 aliphatic heterocycles. The fourth-order valence-corrected chi connectivity index (χ4v) is 1.90. The molecule has 0 saturated heterocycles. The molecule has 0 atom stereocenters. The first-order chi connectivity index (χ1) is 7.13. The van der Waals surface area contributed by atoms with Gasteiger partial charge in [0, 0.05) is 17.0 Å². The molecule has 0 saturated carbocycles. The van der Waals surface area contributed by atoms with Gasteiger partial charge in [-0.1, -0.05) is 17.7 Å². The second kappa shape index (κ2) is 3.80. The summed E-state index contributed by atoms with van der Waals surface area (Å²) >= 11 is 6.06. The number of aryl methyl sites for hydroxylation is 2. The van der Waals surface area contributed by atoms with Crippen molar-refractivity contribution in [3.05, 3.63) is 40.0 Å². The highest BCUT2D eigenvalue weighted by atomic mass is 35.5. The van der Waals surface area contributed by atoms with Crippen LogP contribution < -0.4 is 5.73 Å². The maximum atomic E-state index is 6.06. The van der Waals surface area contributed by atoms with Crippen LogP contribution in [0.4, 0.5) is 0 Å². The molecule has 2 rings (SSSR count). The number of benzene rings is 1. The maximum absolute atomic E-state index is 6.06.